The van der Waals surface area contributed by atoms with E-state index in [4.69, 9.17) is 0 Å². The Bertz CT molecular complexity index is 604. The van der Waals surface area contributed by atoms with Crippen LogP contribution in [-0.2, 0) is 0 Å². The van der Waals surface area contributed by atoms with Crippen LogP contribution in [0, 0.1) is 5.82 Å². The van der Waals surface area contributed by atoms with E-state index in [9.17, 15) is 9.18 Å². The Kier molecular flexibility index (Phi) is 3.83. The molecule has 0 aliphatic heterocycles. The number of nitrogens with one attached hydrogen (secondary N) is 1. The number of amides is 1. The highest BCUT2D eigenvalue weighted by Gasteiger charge is 2.20. The summed E-state index contributed by atoms with van der Waals surface area (Å²) in [5, 5.41) is 10.6. The zero-order valence-corrected chi connectivity index (χ0v) is 11.7. The van der Waals surface area contributed by atoms with Gasteiger partial charge < -0.3 is 5.32 Å². The van der Waals surface area contributed by atoms with E-state index in [2.05, 4.69) is 15.6 Å². The first-order chi connectivity index (χ1) is 9.41. The Balaban J connectivity index is 2.17. The summed E-state index contributed by atoms with van der Waals surface area (Å²) in [6, 6.07) is 5.80. The molecule has 0 aliphatic rings. The molecule has 0 fully saturated rings. The Hall–Kier alpha value is -2.24. The molecule has 0 bridgehead atoms. The summed E-state index contributed by atoms with van der Waals surface area (Å²) in [6.07, 6.45) is 2.33. The molecule has 20 heavy (non-hydrogen) atoms. The number of rotatable bonds is 4. The fourth-order valence-electron chi connectivity index (χ4n) is 1.55. The fraction of sp³-hybridized carbons (Fsp3) is 0.357. The lowest BCUT2D eigenvalue weighted by molar-refractivity contribution is 0.0906. The molecule has 0 saturated heterocycles. The van der Waals surface area contributed by atoms with Gasteiger partial charge in [0, 0.05) is 5.54 Å². The van der Waals surface area contributed by atoms with Crippen LogP contribution in [0.1, 0.15) is 37.7 Å². The van der Waals surface area contributed by atoms with Crippen molar-refractivity contribution < 1.29 is 9.18 Å². The van der Waals surface area contributed by atoms with Gasteiger partial charge in [0.15, 0.2) is 5.69 Å². The highest BCUT2D eigenvalue weighted by atomic mass is 19.1. The van der Waals surface area contributed by atoms with Crippen LogP contribution in [-0.4, -0.2) is 26.4 Å². The Labute approximate surface area is 116 Å². The second-order valence-electron chi connectivity index (χ2n) is 5.22. The molecule has 106 valence electrons. The first-order valence-corrected chi connectivity index (χ1v) is 6.42. The number of carbonyl (C=O) groups is 1. The maximum absolute atomic E-state index is 12.9. The van der Waals surface area contributed by atoms with Gasteiger partial charge in [-0.25, -0.2) is 9.07 Å². The molecule has 1 aromatic heterocycles. The van der Waals surface area contributed by atoms with Crippen molar-refractivity contribution in [2.45, 2.75) is 32.7 Å². The van der Waals surface area contributed by atoms with Crippen molar-refractivity contribution in [3.63, 3.8) is 0 Å². The van der Waals surface area contributed by atoms with E-state index in [0.717, 1.165) is 6.42 Å². The molecule has 1 aromatic carbocycles. The molecular formula is C14H17FN4O. The van der Waals surface area contributed by atoms with Crippen LogP contribution in [0.3, 0.4) is 0 Å². The van der Waals surface area contributed by atoms with E-state index < -0.39 is 0 Å². The summed E-state index contributed by atoms with van der Waals surface area (Å²) in [4.78, 5) is 12.0. The number of hydrogen-bond acceptors (Lipinski definition) is 3. The van der Waals surface area contributed by atoms with Crippen molar-refractivity contribution in [2.75, 3.05) is 0 Å². The molecule has 1 N–H and O–H groups in total. The summed E-state index contributed by atoms with van der Waals surface area (Å²) in [5.41, 5.74) is 0.583. The number of benzene rings is 1. The summed E-state index contributed by atoms with van der Waals surface area (Å²) >= 11 is 0. The van der Waals surface area contributed by atoms with Crippen molar-refractivity contribution in [3.8, 4) is 5.69 Å². The monoisotopic (exact) mass is 276 g/mol. The first-order valence-electron chi connectivity index (χ1n) is 6.42. The van der Waals surface area contributed by atoms with Crippen LogP contribution in [0.25, 0.3) is 5.69 Å². The number of carbonyl (C=O) groups excluding carboxylic acids is 1. The Morgan fingerprint density at radius 1 is 1.35 bits per heavy atom. The second-order valence-corrected chi connectivity index (χ2v) is 5.22. The third kappa shape index (κ3) is 3.20. The average molecular weight is 276 g/mol. The van der Waals surface area contributed by atoms with Crippen LogP contribution in [0.4, 0.5) is 4.39 Å². The van der Waals surface area contributed by atoms with Gasteiger partial charge in [-0.2, -0.15) is 0 Å². The molecule has 2 aromatic rings. The highest BCUT2D eigenvalue weighted by Crippen LogP contribution is 2.10. The van der Waals surface area contributed by atoms with Gasteiger partial charge in [0.25, 0.3) is 5.91 Å². The van der Waals surface area contributed by atoms with E-state index in [0.29, 0.717) is 5.69 Å². The third-order valence-electron chi connectivity index (χ3n) is 3.15. The predicted molar refractivity (Wildman–Crippen MR) is 73.2 cm³/mol. The minimum atomic E-state index is -0.323. The lowest BCUT2D eigenvalue weighted by Gasteiger charge is -2.23. The van der Waals surface area contributed by atoms with E-state index in [1.54, 1.807) is 12.1 Å². The quantitative estimate of drug-likeness (QED) is 0.932. The molecule has 0 spiro atoms. The average Bonchev–Trinajstić information content (AvgIpc) is 2.89. The molecule has 1 heterocycles. The van der Waals surface area contributed by atoms with Gasteiger partial charge >= 0.3 is 0 Å². The minimum Gasteiger partial charge on any atom is -0.346 e. The predicted octanol–water partition coefficient (Wildman–Crippen LogP) is 2.32. The molecule has 0 atom stereocenters. The van der Waals surface area contributed by atoms with Crippen LogP contribution in [0.15, 0.2) is 30.5 Å². The van der Waals surface area contributed by atoms with E-state index in [1.165, 1.54) is 23.0 Å². The lowest BCUT2D eigenvalue weighted by atomic mass is 10.0. The van der Waals surface area contributed by atoms with Crippen molar-refractivity contribution in [2.24, 2.45) is 0 Å². The van der Waals surface area contributed by atoms with Gasteiger partial charge in [0.2, 0.25) is 0 Å². The van der Waals surface area contributed by atoms with Crippen LogP contribution in [0.5, 0.6) is 0 Å². The van der Waals surface area contributed by atoms with Gasteiger partial charge in [-0.05, 0) is 44.5 Å². The summed E-state index contributed by atoms with van der Waals surface area (Å²) < 4.78 is 14.3. The van der Waals surface area contributed by atoms with Crippen molar-refractivity contribution in [1.29, 1.82) is 0 Å². The molecule has 6 heteroatoms. The number of halogens is 1. The van der Waals surface area contributed by atoms with E-state index in [-0.39, 0.29) is 23.0 Å². The molecule has 0 aliphatic carbocycles. The van der Waals surface area contributed by atoms with Crippen molar-refractivity contribution in [3.05, 3.63) is 42.0 Å². The zero-order chi connectivity index (χ0) is 14.8. The van der Waals surface area contributed by atoms with Gasteiger partial charge in [0.05, 0.1) is 11.9 Å². The van der Waals surface area contributed by atoms with E-state index >= 15 is 0 Å². The fourth-order valence-corrected chi connectivity index (χ4v) is 1.55. The van der Waals surface area contributed by atoms with Crippen molar-refractivity contribution in [1.82, 2.24) is 20.3 Å². The smallest absolute Gasteiger partial charge is 0.273 e. The SMILES string of the molecule is CCC(C)(C)NC(=O)c1cn(-c2ccc(F)cc2)nn1. The molecule has 1 amide bonds. The summed E-state index contributed by atoms with van der Waals surface area (Å²) in [7, 11) is 0. The zero-order valence-electron chi connectivity index (χ0n) is 11.7. The summed E-state index contributed by atoms with van der Waals surface area (Å²) in [6.45, 7) is 5.88. The third-order valence-corrected chi connectivity index (χ3v) is 3.15. The van der Waals surface area contributed by atoms with Gasteiger partial charge in [-0.3, -0.25) is 4.79 Å². The van der Waals surface area contributed by atoms with Crippen LogP contribution < -0.4 is 5.32 Å². The lowest BCUT2D eigenvalue weighted by Crippen LogP contribution is -2.42. The minimum absolute atomic E-state index is 0.232. The van der Waals surface area contributed by atoms with Gasteiger partial charge in [0.1, 0.15) is 5.82 Å². The van der Waals surface area contributed by atoms with Gasteiger partial charge in [-0.15, -0.1) is 5.10 Å². The molecule has 0 radical (unpaired) electrons. The maximum Gasteiger partial charge on any atom is 0.273 e. The maximum atomic E-state index is 12.9. The number of nitrogens with zero attached hydrogens (tertiary/aromatic N) is 3. The topological polar surface area (TPSA) is 59.8 Å². The molecule has 0 saturated carbocycles. The second kappa shape index (κ2) is 5.40. The normalized spacial score (nSPS) is 11.4. The van der Waals surface area contributed by atoms with Crippen molar-refractivity contribution >= 4 is 5.91 Å². The first kappa shape index (κ1) is 14.2. The Morgan fingerprint density at radius 3 is 2.60 bits per heavy atom. The van der Waals surface area contributed by atoms with Gasteiger partial charge in [-0.1, -0.05) is 12.1 Å². The highest BCUT2D eigenvalue weighted by molar-refractivity contribution is 5.92. The molecule has 5 nitrogen and oxygen atoms in total. The summed E-state index contributed by atoms with van der Waals surface area (Å²) in [5.74, 6) is -0.596. The molecular weight excluding hydrogens is 259 g/mol. The van der Waals surface area contributed by atoms with Crippen LogP contribution in [0.2, 0.25) is 0 Å². The largest absolute Gasteiger partial charge is 0.346 e. The van der Waals surface area contributed by atoms with Crippen LogP contribution >= 0.6 is 0 Å². The number of aromatic nitrogens is 3. The number of hydrogen-bond donors (Lipinski definition) is 1. The Morgan fingerprint density at radius 2 is 2.00 bits per heavy atom. The molecule has 0 unspecified atom stereocenters. The van der Waals surface area contributed by atoms with E-state index in [1.807, 2.05) is 20.8 Å². The standard InChI is InChI=1S/C14H17FN4O/c1-4-14(2,3)16-13(20)12-9-19(18-17-12)11-7-5-10(15)6-8-11/h5-9H,4H2,1-3H3,(H,16,20). The molecule has 2 rings (SSSR count).